The van der Waals surface area contributed by atoms with Gasteiger partial charge in [0.25, 0.3) is 0 Å². The topological polar surface area (TPSA) is 53.1 Å². The SMILES string of the molecule is O=C(O)C1(c2cccc3[nH]cc(Br)c23)CCCCC1. The van der Waals surface area contributed by atoms with E-state index in [-0.39, 0.29) is 0 Å². The van der Waals surface area contributed by atoms with E-state index < -0.39 is 11.4 Å². The van der Waals surface area contributed by atoms with Gasteiger partial charge in [0.2, 0.25) is 0 Å². The third-order valence-electron chi connectivity index (χ3n) is 4.29. The number of fused-ring (bicyclic) bond motifs is 1. The van der Waals surface area contributed by atoms with E-state index in [0.29, 0.717) is 0 Å². The average molecular weight is 322 g/mol. The molecule has 19 heavy (non-hydrogen) atoms. The quantitative estimate of drug-likeness (QED) is 0.870. The highest BCUT2D eigenvalue weighted by atomic mass is 79.9. The minimum absolute atomic E-state index is 0.687. The fraction of sp³-hybridized carbons (Fsp3) is 0.400. The Morgan fingerprint density at radius 1 is 1.26 bits per heavy atom. The largest absolute Gasteiger partial charge is 0.481 e. The Bertz CT molecular complexity index is 626. The van der Waals surface area contributed by atoms with E-state index in [1.165, 1.54) is 0 Å². The summed E-state index contributed by atoms with van der Waals surface area (Å²) in [4.78, 5) is 15.1. The summed E-state index contributed by atoms with van der Waals surface area (Å²) < 4.78 is 0.948. The minimum Gasteiger partial charge on any atom is -0.481 e. The third kappa shape index (κ3) is 1.89. The zero-order valence-electron chi connectivity index (χ0n) is 10.6. The molecule has 0 spiro atoms. The molecule has 3 rings (SSSR count). The molecular formula is C15H16BrNO2. The molecule has 0 unspecified atom stereocenters. The van der Waals surface area contributed by atoms with Gasteiger partial charge in [-0.15, -0.1) is 0 Å². The van der Waals surface area contributed by atoms with E-state index in [1.54, 1.807) is 0 Å². The van der Waals surface area contributed by atoms with Crippen LogP contribution in [0.3, 0.4) is 0 Å². The van der Waals surface area contributed by atoms with Gasteiger partial charge in [-0.05, 0) is 40.4 Å². The van der Waals surface area contributed by atoms with Gasteiger partial charge in [0.1, 0.15) is 0 Å². The van der Waals surface area contributed by atoms with Gasteiger partial charge in [-0.25, -0.2) is 0 Å². The van der Waals surface area contributed by atoms with Crippen molar-refractivity contribution in [2.45, 2.75) is 37.5 Å². The number of hydrogen-bond donors (Lipinski definition) is 2. The normalized spacial score (nSPS) is 18.6. The molecule has 0 bridgehead atoms. The van der Waals surface area contributed by atoms with Gasteiger partial charge < -0.3 is 10.1 Å². The first-order chi connectivity index (χ1) is 9.15. The number of carbonyl (C=O) groups is 1. The highest BCUT2D eigenvalue weighted by Gasteiger charge is 2.42. The van der Waals surface area contributed by atoms with E-state index in [2.05, 4.69) is 20.9 Å². The second-order valence-electron chi connectivity index (χ2n) is 5.31. The van der Waals surface area contributed by atoms with Gasteiger partial charge >= 0.3 is 5.97 Å². The number of rotatable bonds is 2. The first-order valence-corrected chi connectivity index (χ1v) is 7.44. The van der Waals surface area contributed by atoms with Crippen molar-refractivity contribution in [2.75, 3.05) is 0 Å². The van der Waals surface area contributed by atoms with Crippen molar-refractivity contribution in [2.24, 2.45) is 0 Å². The Labute approximate surface area is 120 Å². The van der Waals surface area contributed by atoms with Crippen LogP contribution in [0.4, 0.5) is 0 Å². The van der Waals surface area contributed by atoms with Gasteiger partial charge in [0.05, 0.1) is 5.41 Å². The maximum absolute atomic E-state index is 11.9. The van der Waals surface area contributed by atoms with Crippen LogP contribution in [0.1, 0.15) is 37.7 Å². The number of carboxylic acid groups (broad SMARTS) is 1. The highest BCUT2D eigenvalue weighted by molar-refractivity contribution is 9.10. The van der Waals surface area contributed by atoms with Crippen LogP contribution in [-0.2, 0) is 10.2 Å². The lowest BCUT2D eigenvalue weighted by molar-refractivity contribution is -0.145. The fourth-order valence-electron chi connectivity index (χ4n) is 3.30. The Kier molecular flexibility index (Phi) is 3.13. The van der Waals surface area contributed by atoms with Gasteiger partial charge in [0.15, 0.2) is 0 Å². The third-order valence-corrected chi connectivity index (χ3v) is 4.92. The Balaban J connectivity index is 2.26. The van der Waals surface area contributed by atoms with Crippen molar-refractivity contribution in [1.29, 1.82) is 0 Å². The second kappa shape index (κ2) is 4.67. The van der Waals surface area contributed by atoms with Crippen molar-refractivity contribution in [3.63, 3.8) is 0 Å². The molecule has 1 aliphatic rings. The zero-order chi connectivity index (χ0) is 13.5. The van der Waals surface area contributed by atoms with Gasteiger partial charge in [-0.3, -0.25) is 4.79 Å². The maximum Gasteiger partial charge on any atom is 0.314 e. The number of halogens is 1. The molecule has 1 heterocycles. The van der Waals surface area contributed by atoms with Crippen molar-refractivity contribution < 1.29 is 9.90 Å². The van der Waals surface area contributed by atoms with Crippen LogP contribution in [0.25, 0.3) is 10.9 Å². The van der Waals surface area contributed by atoms with Gasteiger partial charge in [-0.1, -0.05) is 31.4 Å². The number of carboxylic acids is 1. The van der Waals surface area contributed by atoms with Crippen LogP contribution in [0.15, 0.2) is 28.9 Å². The van der Waals surface area contributed by atoms with Crippen LogP contribution >= 0.6 is 15.9 Å². The second-order valence-corrected chi connectivity index (χ2v) is 6.17. The number of aromatic amines is 1. The lowest BCUT2D eigenvalue weighted by atomic mass is 9.68. The molecule has 2 N–H and O–H groups in total. The minimum atomic E-state index is -0.720. The van der Waals surface area contributed by atoms with Crippen LogP contribution < -0.4 is 0 Å². The van der Waals surface area contributed by atoms with Gasteiger partial charge in [-0.2, -0.15) is 0 Å². The maximum atomic E-state index is 11.9. The molecule has 1 aromatic heterocycles. The van der Waals surface area contributed by atoms with E-state index in [9.17, 15) is 9.90 Å². The number of aliphatic carboxylic acids is 1. The number of nitrogens with one attached hydrogen (secondary N) is 1. The summed E-state index contributed by atoms with van der Waals surface area (Å²) in [6.45, 7) is 0. The van der Waals surface area contributed by atoms with E-state index in [0.717, 1.165) is 53.0 Å². The number of benzene rings is 1. The molecule has 3 nitrogen and oxygen atoms in total. The molecular weight excluding hydrogens is 306 g/mol. The summed E-state index contributed by atoms with van der Waals surface area (Å²) >= 11 is 3.53. The fourth-order valence-corrected chi connectivity index (χ4v) is 3.84. The lowest BCUT2D eigenvalue weighted by Crippen LogP contribution is -2.38. The summed E-state index contributed by atoms with van der Waals surface area (Å²) in [7, 11) is 0. The number of hydrogen-bond acceptors (Lipinski definition) is 1. The molecule has 1 aliphatic carbocycles. The van der Waals surface area contributed by atoms with Gasteiger partial charge in [0, 0.05) is 21.6 Å². The molecule has 1 aromatic carbocycles. The van der Waals surface area contributed by atoms with Crippen LogP contribution in [0.2, 0.25) is 0 Å². The van der Waals surface area contributed by atoms with Crippen LogP contribution in [0, 0.1) is 0 Å². The monoisotopic (exact) mass is 321 g/mol. The molecule has 1 saturated carbocycles. The highest BCUT2D eigenvalue weighted by Crippen LogP contribution is 2.44. The first-order valence-electron chi connectivity index (χ1n) is 6.65. The van der Waals surface area contributed by atoms with E-state index >= 15 is 0 Å². The summed E-state index contributed by atoms with van der Waals surface area (Å²) in [6, 6.07) is 5.91. The molecule has 0 aliphatic heterocycles. The Hall–Kier alpha value is -1.29. The summed E-state index contributed by atoms with van der Waals surface area (Å²) in [5, 5.41) is 10.8. The predicted octanol–water partition coefficient (Wildman–Crippen LogP) is 4.22. The molecule has 1 fully saturated rings. The summed E-state index contributed by atoms with van der Waals surface area (Å²) in [5.74, 6) is -0.687. The standard InChI is InChI=1S/C15H16BrNO2/c16-11-9-17-12-6-4-5-10(13(11)12)15(14(18)19)7-2-1-3-8-15/h4-6,9,17H,1-3,7-8H2,(H,18,19). The van der Waals surface area contributed by atoms with Crippen molar-refractivity contribution in [1.82, 2.24) is 4.98 Å². The molecule has 4 heteroatoms. The van der Waals surface area contributed by atoms with Crippen LogP contribution in [-0.4, -0.2) is 16.1 Å². The van der Waals surface area contributed by atoms with E-state index in [1.807, 2.05) is 24.4 Å². The molecule has 100 valence electrons. The summed E-state index contributed by atoms with van der Waals surface area (Å²) in [6.07, 6.45) is 6.47. The van der Waals surface area contributed by atoms with E-state index in [4.69, 9.17) is 0 Å². The summed E-state index contributed by atoms with van der Waals surface area (Å²) in [5.41, 5.74) is 1.23. The first kappa shape index (κ1) is 12.7. The molecule has 0 amide bonds. The zero-order valence-corrected chi connectivity index (χ0v) is 12.2. The average Bonchev–Trinajstić information content (AvgIpc) is 2.81. The lowest BCUT2D eigenvalue weighted by Gasteiger charge is -2.34. The predicted molar refractivity (Wildman–Crippen MR) is 78.4 cm³/mol. The van der Waals surface area contributed by atoms with Crippen molar-refractivity contribution >= 4 is 32.8 Å². The molecule has 0 atom stereocenters. The molecule has 0 radical (unpaired) electrons. The van der Waals surface area contributed by atoms with Crippen molar-refractivity contribution in [3.05, 3.63) is 34.4 Å². The molecule has 0 saturated heterocycles. The van der Waals surface area contributed by atoms with Crippen LogP contribution in [0.5, 0.6) is 0 Å². The Morgan fingerprint density at radius 3 is 2.68 bits per heavy atom. The number of aromatic nitrogens is 1. The Morgan fingerprint density at radius 2 is 2.00 bits per heavy atom. The molecule has 2 aromatic rings. The smallest absolute Gasteiger partial charge is 0.314 e. The number of H-pyrrole nitrogens is 1. The van der Waals surface area contributed by atoms with Crippen molar-refractivity contribution in [3.8, 4) is 0 Å².